The second-order valence-electron chi connectivity index (χ2n) is 11.6. The summed E-state index contributed by atoms with van der Waals surface area (Å²) in [6.07, 6.45) is 0.815. The summed E-state index contributed by atoms with van der Waals surface area (Å²) < 4.78 is 10.8. The Morgan fingerprint density at radius 1 is 1.02 bits per heavy atom. The van der Waals surface area contributed by atoms with Crippen LogP contribution in [0.25, 0.3) is 10.9 Å². The van der Waals surface area contributed by atoms with Gasteiger partial charge in [-0.3, -0.25) is 14.4 Å². The maximum absolute atomic E-state index is 14.1. The van der Waals surface area contributed by atoms with Crippen molar-refractivity contribution in [3.8, 4) is 11.5 Å². The molecular weight excluding hydrogens is 532 g/mol. The average Bonchev–Trinajstić information content (AvgIpc) is 3.69. The van der Waals surface area contributed by atoms with Crippen LogP contribution < -0.4 is 20.1 Å². The molecule has 3 N–H and O–H groups in total. The van der Waals surface area contributed by atoms with Crippen LogP contribution in [-0.2, 0) is 22.6 Å². The Bertz CT molecular complexity index is 1730. The molecule has 4 heterocycles. The number of ether oxygens (including phenoxy) is 2. The second-order valence-corrected chi connectivity index (χ2v) is 11.6. The van der Waals surface area contributed by atoms with Crippen molar-refractivity contribution in [1.29, 1.82) is 0 Å². The minimum atomic E-state index is -0.766. The van der Waals surface area contributed by atoms with Gasteiger partial charge in [-0.2, -0.15) is 0 Å². The van der Waals surface area contributed by atoms with Gasteiger partial charge in [-0.15, -0.1) is 0 Å². The highest BCUT2D eigenvalue weighted by Gasteiger charge is 2.49. The third kappa shape index (κ3) is 4.36. The lowest BCUT2D eigenvalue weighted by atomic mass is 9.89. The predicted octanol–water partition coefficient (Wildman–Crippen LogP) is 4.21. The highest BCUT2D eigenvalue weighted by Crippen LogP contribution is 2.46. The first-order chi connectivity index (χ1) is 20.4. The normalized spacial score (nSPS) is 18.9. The summed E-state index contributed by atoms with van der Waals surface area (Å²) in [5.41, 5.74) is 5.30. The summed E-state index contributed by atoms with van der Waals surface area (Å²) in [6.45, 7) is 4.49. The molecule has 0 saturated carbocycles. The highest BCUT2D eigenvalue weighted by atomic mass is 16.7. The van der Waals surface area contributed by atoms with Gasteiger partial charge in [0.05, 0.1) is 6.04 Å². The standard InChI is InChI=1S/C33H32N4O5/c1-18(2)13-25(31(38)34-16-19-11-12-27-28(14-19)42-17-41-27)36-32(39)26-15-23-20-7-5-6-10-24(20)35-29(23)30-21-8-3-4-9-22(21)33(40)37(26)30/h3-12,14,18,25-26,30,35H,13,15-17H2,1-2H3,(H,34,38)(H,36,39)/t25-,26-,30-/m0/s1. The Kier molecular flexibility index (Phi) is 6.37. The maximum Gasteiger partial charge on any atom is 0.255 e. The summed E-state index contributed by atoms with van der Waals surface area (Å²) in [6, 6.07) is 19.2. The van der Waals surface area contributed by atoms with E-state index in [2.05, 4.69) is 15.6 Å². The molecule has 0 aliphatic carbocycles. The van der Waals surface area contributed by atoms with Gasteiger partial charge in [0.2, 0.25) is 18.6 Å². The molecule has 9 heteroatoms. The lowest BCUT2D eigenvalue weighted by molar-refractivity contribution is -0.132. The summed E-state index contributed by atoms with van der Waals surface area (Å²) in [5.74, 6) is 0.703. The monoisotopic (exact) mass is 564 g/mol. The van der Waals surface area contributed by atoms with Gasteiger partial charge in [0, 0.05) is 35.1 Å². The molecule has 3 amide bonds. The van der Waals surface area contributed by atoms with E-state index in [1.54, 1.807) is 4.90 Å². The number of aromatic nitrogens is 1. The lowest BCUT2D eigenvalue weighted by Crippen LogP contribution is -2.56. The van der Waals surface area contributed by atoms with Gasteiger partial charge in [-0.1, -0.05) is 56.3 Å². The molecule has 0 saturated heterocycles. The Morgan fingerprint density at radius 3 is 2.67 bits per heavy atom. The number of aromatic amines is 1. The van der Waals surface area contributed by atoms with Crippen LogP contribution in [0.15, 0.2) is 66.7 Å². The van der Waals surface area contributed by atoms with E-state index in [1.165, 1.54) is 0 Å². The number of amides is 3. The van der Waals surface area contributed by atoms with Crippen molar-refractivity contribution >= 4 is 28.6 Å². The van der Waals surface area contributed by atoms with Gasteiger partial charge in [0.25, 0.3) is 5.91 Å². The van der Waals surface area contributed by atoms with Crippen molar-refractivity contribution in [3.05, 3.63) is 94.7 Å². The van der Waals surface area contributed by atoms with E-state index in [0.29, 0.717) is 29.9 Å². The molecule has 0 fully saturated rings. The van der Waals surface area contributed by atoms with Crippen LogP contribution in [-0.4, -0.2) is 46.5 Å². The third-order valence-corrected chi connectivity index (χ3v) is 8.40. The van der Waals surface area contributed by atoms with Gasteiger partial charge in [-0.25, -0.2) is 0 Å². The minimum absolute atomic E-state index is 0.156. The number of hydrogen-bond acceptors (Lipinski definition) is 5. The van der Waals surface area contributed by atoms with Crippen LogP contribution in [0.5, 0.6) is 11.5 Å². The quantitative estimate of drug-likeness (QED) is 0.311. The number of H-pyrrole nitrogens is 1. The first kappa shape index (κ1) is 26.1. The molecule has 42 heavy (non-hydrogen) atoms. The van der Waals surface area contributed by atoms with Crippen molar-refractivity contribution in [2.75, 3.05) is 6.79 Å². The first-order valence-electron chi connectivity index (χ1n) is 14.4. The van der Waals surface area contributed by atoms with E-state index in [-0.39, 0.29) is 37.0 Å². The molecule has 3 atom stereocenters. The number of para-hydroxylation sites is 1. The first-order valence-corrected chi connectivity index (χ1v) is 14.4. The fourth-order valence-electron chi connectivity index (χ4n) is 6.47. The van der Waals surface area contributed by atoms with Gasteiger partial charge in [-0.05, 0) is 53.3 Å². The Morgan fingerprint density at radius 2 is 1.81 bits per heavy atom. The Hall–Kier alpha value is -4.79. The summed E-state index contributed by atoms with van der Waals surface area (Å²) in [4.78, 5) is 46.5. The molecular formula is C33H32N4O5. The third-order valence-electron chi connectivity index (χ3n) is 8.40. The SMILES string of the molecule is CC(C)C[C@H](NC(=O)[C@@H]1Cc2c([nH]c3ccccc23)[C@@H]2c3ccccc3C(=O)N21)C(=O)NCc1ccc2c(c1)OCO2. The number of nitrogens with zero attached hydrogens (tertiary/aromatic N) is 1. The highest BCUT2D eigenvalue weighted by molar-refractivity contribution is 6.04. The summed E-state index contributed by atoms with van der Waals surface area (Å²) >= 11 is 0. The van der Waals surface area contributed by atoms with E-state index in [0.717, 1.165) is 33.3 Å². The number of carbonyl (C=O) groups excluding carboxylic acids is 3. The van der Waals surface area contributed by atoms with Crippen LogP contribution in [0, 0.1) is 5.92 Å². The molecule has 9 nitrogen and oxygen atoms in total. The molecule has 4 aromatic rings. The zero-order valence-electron chi connectivity index (χ0n) is 23.5. The number of carbonyl (C=O) groups is 3. The number of benzene rings is 3. The fourth-order valence-corrected chi connectivity index (χ4v) is 6.47. The van der Waals surface area contributed by atoms with Gasteiger partial charge in [0.15, 0.2) is 11.5 Å². The van der Waals surface area contributed by atoms with Gasteiger partial charge in [0.1, 0.15) is 12.1 Å². The largest absolute Gasteiger partial charge is 0.454 e. The zero-order valence-corrected chi connectivity index (χ0v) is 23.5. The van der Waals surface area contributed by atoms with Crippen molar-refractivity contribution in [1.82, 2.24) is 20.5 Å². The fraction of sp³-hybridized carbons (Fsp3) is 0.303. The van der Waals surface area contributed by atoms with E-state index in [1.807, 2.05) is 80.6 Å². The van der Waals surface area contributed by atoms with E-state index < -0.39 is 18.1 Å². The molecule has 3 aliphatic rings. The molecule has 214 valence electrons. The van der Waals surface area contributed by atoms with Crippen LogP contribution >= 0.6 is 0 Å². The van der Waals surface area contributed by atoms with Gasteiger partial charge < -0.3 is 30.0 Å². The summed E-state index contributed by atoms with van der Waals surface area (Å²) in [5, 5.41) is 7.04. The number of hydrogen-bond donors (Lipinski definition) is 3. The number of rotatable bonds is 7. The van der Waals surface area contributed by atoms with E-state index in [9.17, 15) is 14.4 Å². The Balaban J connectivity index is 1.16. The van der Waals surface area contributed by atoms with E-state index >= 15 is 0 Å². The van der Waals surface area contributed by atoms with Crippen LogP contribution in [0.1, 0.15) is 59.1 Å². The molecule has 1 aromatic heterocycles. The number of fused-ring (bicyclic) bond motifs is 8. The summed E-state index contributed by atoms with van der Waals surface area (Å²) in [7, 11) is 0. The predicted molar refractivity (Wildman–Crippen MR) is 156 cm³/mol. The second kappa shape index (κ2) is 10.2. The van der Waals surface area contributed by atoms with Crippen molar-refractivity contribution in [3.63, 3.8) is 0 Å². The van der Waals surface area contributed by atoms with Crippen LogP contribution in [0.2, 0.25) is 0 Å². The molecule has 3 aromatic carbocycles. The molecule has 0 radical (unpaired) electrons. The topological polar surface area (TPSA) is 113 Å². The van der Waals surface area contributed by atoms with Crippen LogP contribution in [0.4, 0.5) is 0 Å². The van der Waals surface area contributed by atoms with Gasteiger partial charge >= 0.3 is 0 Å². The lowest BCUT2D eigenvalue weighted by Gasteiger charge is -2.37. The molecule has 7 rings (SSSR count). The van der Waals surface area contributed by atoms with E-state index in [4.69, 9.17) is 9.47 Å². The molecule has 0 unspecified atom stereocenters. The minimum Gasteiger partial charge on any atom is -0.454 e. The van der Waals surface area contributed by atoms with Crippen molar-refractivity contribution < 1.29 is 23.9 Å². The smallest absolute Gasteiger partial charge is 0.255 e. The van der Waals surface area contributed by atoms with Crippen molar-refractivity contribution in [2.45, 2.75) is 51.4 Å². The van der Waals surface area contributed by atoms with Crippen molar-refractivity contribution in [2.24, 2.45) is 5.92 Å². The maximum atomic E-state index is 14.1. The Labute approximate surface area is 243 Å². The van der Waals surface area contributed by atoms with Crippen LogP contribution in [0.3, 0.4) is 0 Å². The number of nitrogens with one attached hydrogen (secondary N) is 3. The molecule has 0 bridgehead atoms. The molecule has 0 spiro atoms. The molecule has 3 aliphatic heterocycles. The average molecular weight is 565 g/mol. The zero-order chi connectivity index (χ0) is 29.0.